The Balaban J connectivity index is 1.57. The molecule has 3 rings (SSSR count). The number of halogens is 1. The summed E-state index contributed by atoms with van der Waals surface area (Å²) in [5, 5.41) is 7.03. The highest BCUT2D eigenvalue weighted by molar-refractivity contribution is 5.93. The predicted molar refractivity (Wildman–Crippen MR) is 90.7 cm³/mol. The Bertz CT molecular complexity index is 823. The number of carbonyl (C=O) groups excluding carboxylic acids is 1. The lowest BCUT2D eigenvalue weighted by atomic mass is 10.1. The van der Waals surface area contributed by atoms with Crippen LogP contribution in [-0.4, -0.2) is 22.2 Å². The van der Waals surface area contributed by atoms with Gasteiger partial charge in [0.05, 0.1) is 17.4 Å². The number of benzene rings is 2. The molecule has 1 amide bonds. The molecule has 0 aliphatic heterocycles. The van der Waals surface area contributed by atoms with Crippen LogP contribution in [0.15, 0.2) is 60.9 Å². The zero-order valence-electron chi connectivity index (χ0n) is 13.4. The molecule has 5 heteroatoms. The monoisotopic (exact) mass is 323 g/mol. The van der Waals surface area contributed by atoms with Crippen LogP contribution in [0.25, 0.3) is 5.69 Å². The number of aromatic nitrogens is 2. The Morgan fingerprint density at radius 3 is 2.54 bits per heavy atom. The van der Waals surface area contributed by atoms with E-state index in [0.717, 1.165) is 6.42 Å². The van der Waals surface area contributed by atoms with Crippen molar-refractivity contribution in [3.8, 4) is 5.69 Å². The van der Waals surface area contributed by atoms with Gasteiger partial charge in [-0.25, -0.2) is 9.07 Å². The summed E-state index contributed by atoms with van der Waals surface area (Å²) >= 11 is 0. The van der Waals surface area contributed by atoms with E-state index in [2.05, 4.69) is 34.7 Å². The van der Waals surface area contributed by atoms with E-state index in [-0.39, 0.29) is 11.7 Å². The zero-order chi connectivity index (χ0) is 16.9. The first-order chi connectivity index (χ1) is 11.6. The number of aryl methyl sites for hydroxylation is 1. The van der Waals surface area contributed by atoms with E-state index in [9.17, 15) is 9.18 Å². The normalized spacial score (nSPS) is 10.6. The van der Waals surface area contributed by atoms with E-state index in [1.54, 1.807) is 23.0 Å². The summed E-state index contributed by atoms with van der Waals surface area (Å²) < 4.78 is 14.5. The van der Waals surface area contributed by atoms with Crippen molar-refractivity contribution in [2.24, 2.45) is 0 Å². The number of hydrogen-bond donors (Lipinski definition) is 1. The van der Waals surface area contributed by atoms with E-state index in [4.69, 9.17) is 0 Å². The van der Waals surface area contributed by atoms with Crippen molar-refractivity contribution in [1.82, 2.24) is 15.1 Å². The Morgan fingerprint density at radius 1 is 1.12 bits per heavy atom. The predicted octanol–water partition coefficient (Wildman–Crippen LogP) is 3.29. The van der Waals surface area contributed by atoms with Gasteiger partial charge in [-0.1, -0.05) is 29.8 Å². The number of amides is 1. The lowest BCUT2D eigenvalue weighted by Gasteiger charge is -2.04. The molecule has 1 aromatic heterocycles. The van der Waals surface area contributed by atoms with Crippen LogP contribution in [0.5, 0.6) is 0 Å². The number of hydrogen-bond acceptors (Lipinski definition) is 2. The fourth-order valence-electron chi connectivity index (χ4n) is 2.35. The SMILES string of the molecule is Cc1ccc(CCNC(=O)c2cnn(-c3ccc(F)cc3)c2)cc1. The van der Waals surface area contributed by atoms with Crippen LogP contribution in [0.2, 0.25) is 0 Å². The van der Waals surface area contributed by atoms with Crippen molar-refractivity contribution in [3.63, 3.8) is 0 Å². The summed E-state index contributed by atoms with van der Waals surface area (Å²) in [6, 6.07) is 14.2. The minimum atomic E-state index is -0.306. The van der Waals surface area contributed by atoms with Crippen molar-refractivity contribution in [2.75, 3.05) is 6.54 Å². The molecule has 3 aromatic rings. The number of nitrogens with one attached hydrogen (secondary N) is 1. The third kappa shape index (κ3) is 3.87. The maximum absolute atomic E-state index is 12.9. The molecule has 0 bridgehead atoms. The fraction of sp³-hybridized carbons (Fsp3) is 0.158. The van der Waals surface area contributed by atoms with Crippen LogP contribution in [-0.2, 0) is 6.42 Å². The Labute approximate surface area is 139 Å². The van der Waals surface area contributed by atoms with Crippen LogP contribution >= 0.6 is 0 Å². The first kappa shape index (κ1) is 15.9. The minimum absolute atomic E-state index is 0.171. The molecule has 0 atom stereocenters. The summed E-state index contributed by atoms with van der Waals surface area (Å²) in [4.78, 5) is 12.2. The van der Waals surface area contributed by atoms with Crippen LogP contribution in [0.3, 0.4) is 0 Å². The second kappa shape index (κ2) is 7.08. The highest BCUT2D eigenvalue weighted by atomic mass is 19.1. The van der Waals surface area contributed by atoms with Crippen LogP contribution in [0.4, 0.5) is 4.39 Å². The molecule has 4 nitrogen and oxygen atoms in total. The molecule has 0 unspecified atom stereocenters. The molecular formula is C19H18FN3O. The van der Waals surface area contributed by atoms with E-state index >= 15 is 0 Å². The smallest absolute Gasteiger partial charge is 0.254 e. The molecule has 0 saturated carbocycles. The van der Waals surface area contributed by atoms with E-state index in [1.807, 2.05) is 6.92 Å². The minimum Gasteiger partial charge on any atom is -0.352 e. The molecule has 1 N–H and O–H groups in total. The van der Waals surface area contributed by atoms with Crippen molar-refractivity contribution in [1.29, 1.82) is 0 Å². The average Bonchev–Trinajstić information content (AvgIpc) is 3.07. The average molecular weight is 323 g/mol. The lowest BCUT2D eigenvalue weighted by molar-refractivity contribution is 0.0954. The van der Waals surface area contributed by atoms with Gasteiger partial charge in [0.2, 0.25) is 0 Å². The summed E-state index contributed by atoms with van der Waals surface area (Å²) in [7, 11) is 0. The van der Waals surface area contributed by atoms with Gasteiger partial charge in [-0.3, -0.25) is 4.79 Å². The molecule has 1 heterocycles. The second-order valence-electron chi connectivity index (χ2n) is 5.64. The third-order valence-electron chi connectivity index (χ3n) is 3.76. The van der Waals surface area contributed by atoms with Crippen LogP contribution < -0.4 is 5.32 Å². The molecule has 2 aromatic carbocycles. The topological polar surface area (TPSA) is 46.9 Å². The van der Waals surface area contributed by atoms with Crippen molar-refractivity contribution in [2.45, 2.75) is 13.3 Å². The Morgan fingerprint density at radius 2 is 1.83 bits per heavy atom. The highest BCUT2D eigenvalue weighted by Gasteiger charge is 2.09. The van der Waals surface area contributed by atoms with Gasteiger partial charge in [0, 0.05) is 12.7 Å². The van der Waals surface area contributed by atoms with Crippen LogP contribution in [0, 0.1) is 12.7 Å². The van der Waals surface area contributed by atoms with Crippen molar-refractivity contribution < 1.29 is 9.18 Å². The van der Waals surface area contributed by atoms with Gasteiger partial charge in [-0.05, 0) is 43.2 Å². The van der Waals surface area contributed by atoms with Gasteiger partial charge in [-0.2, -0.15) is 5.10 Å². The van der Waals surface area contributed by atoms with Gasteiger partial charge in [0.1, 0.15) is 5.82 Å². The van der Waals surface area contributed by atoms with E-state index in [1.165, 1.54) is 29.5 Å². The Hall–Kier alpha value is -2.95. The molecule has 0 radical (unpaired) electrons. The molecule has 0 fully saturated rings. The second-order valence-corrected chi connectivity index (χ2v) is 5.64. The fourth-order valence-corrected chi connectivity index (χ4v) is 2.35. The van der Waals surface area contributed by atoms with Gasteiger partial charge in [0.25, 0.3) is 5.91 Å². The standard InChI is InChI=1S/C19H18FN3O/c1-14-2-4-15(5-3-14)10-11-21-19(24)16-12-22-23(13-16)18-8-6-17(20)7-9-18/h2-9,12-13H,10-11H2,1H3,(H,21,24). The number of carbonyl (C=O) groups is 1. The molecule has 0 saturated heterocycles. The summed E-state index contributed by atoms with van der Waals surface area (Å²) in [5.74, 6) is -0.476. The molecule has 0 spiro atoms. The van der Waals surface area contributed by atoms with Crippen molar-refractivity contribution >= 4 is 5.91 Å². The first-order valence-corrected chi connectivity index (χ1v) is 7.76. The molecule has 0 aliphatic carbocycles. The summed E-state index contributed by atoms with van der Waals surface area (Å²) in [6.07, 6.45) is 3.91. The van der Waals surface area contributed by atoms with Crippen LogP contribution in [0.1, 0.15) is 21.5 Å². The summed E-state index contributed by atoms with van der Waals surface area (Å²) in [5.41, 5.74) is 3.58. The number of rotatable bonds is 5. The van der Waals surface area contributed by atoms with Gasteiger partial charge in [0.15, 0.2) is 0 Å². The molecule has 24 heavy (non-hydrogen) atoms. The summed E-state index contributed by atoms with van der Waals surface area (Å²) in [6.45, 7) is 2.61. The van der Waals surface area contributed by atoms with Gasteiger partial charge < -0.3 is 5.32 Å². The first-order valence-electron chi connectivity index (χ1n) is 7.76. The lowest BCUT2D eigenvalue weighted by Crippen LogP contribution is -2.25. The van der Waals surface area contributed by atoms with Gasteiger partial charge >= 0.3 is 0 Å². The number of nitrogens with zero attached hydrogens (tertiary/aromatic N) is 2. The highest BCUT2D eigenvalue weighted by Crippen LogP contribution is 2.09. The Kier molecular flexibility index (Phi) is 4.70. The van der Waals surface area contributed by atoms with E-state index in [0.29, 0.717) is 17.8 Å². The van der Waals surface area contributed by atoms with E-state index < -0.39 is 0 Å². The van der Waals surface area contributed by atoms with Crippen molar-refractivity contribution in [3.05, 3.63) is 83.4 Å². The molecule has 122 valence electrons. The largest absolute Gasteiger partial charge is 0.352 e. The van der Waals surface area contributed by atoms with Gasteiger partial charge in [-0.15, -0.1) is 0 Å². The third-order valence-corrected chi connectivity index (χ3v) is 3.76. The maximum atomic E-state index is 12.9. The molecule has 0 aliphatic rings. The zero-order valence-corrected chi connectivity index (χ0v) is 13.4. The molecular weight excluding hydrogens is 305 g/mol. The maximum Gasteiger partial charge on any atom is 0.254 e. The quantitative estimate of drug-likeness (QED) is 0.783.